The first-order chi connectivity index (χ1) is 12.8. The molecule has 0 N–H and O–H groups in total. The number of carbonyl (C=O) groups excluding carboxylic acids is 1. The van der Waals surface area contributed by atoms with E-state index in [1.165, 1.54) is 12.1 Å². The second kappa shape index (κ2) is 7.04. The fraction of sp³-hybridized carbons (Fsp3) is 0.632. The first kappa shape index (κ1) is 21.1. The number of halogens is 3. The van der Waals surface area contributed by atoms with Crippen LogP contribution in [-0.4, -0.2) is 67.3 Å². The molecule has 28 heavy (non-hydrogen) atoms. The van der Waals surface area contributed by atoms with Crippen molar-refractivity contribution in [1.82, 2.24) is 9.80 Å². The molecule has 154 valence electrons. The number of hydrogen-bond acceptors (Lipinski definition) is 4. The summed E-state index contributed by atoms with van der Waals surface area (Å²) in [6, 6.07) is 3.64. The molecule has 0 atom stereocenters. The third-order valence-corrected chi connectivity index (χ3v) is 5.90. The van der Waals surface area contributed by atoms with Gasteiger partial charge in [0, 0.05) is 31.7 Å². The van der Waals surface area contributed by atoms with Crippen LogP contribution in [0.3, 0.4) is 0 Å². The van der Waals surface area contributed by atoms with Gasteiger partial charge in [0.25, 0.3) is 5.91 Å². The molecule has 2 fully saturated rings. The average Bonchev–Trinajstić information content (AvgIpc) is 2.81. The third kappa shape index (κ3) is 3.93. The van der Waals surface area contributed by atoms with Crippen LogP contribution in [0.2, 0.25) is 0 Å². The SMILES string of the molecule is CN1CCN(C(=O)c2ccc(B3OC(C)(C)C(C)(C)O3)c(C(F)(F)F)c2)CC1. The molecule has 0 saturated carbocycles. The molecule has 0 aliphatic carbocycles. The van der Waals surface area contributed by atoms with E-state index in [-0.39, 0.29) is 16.9 Å². The van der Waals surface area contributed by atoms with Crippen LogP contribution in [0, 0.1) is 0 Å². The number of alkyl halides is 3. The van der Waals surface area contributed by atoms with Gasteiger partial charge in [0.05, 0.1) is 16.8 Å². The van der Waals surface area contributed by atoms with E-state index < -0.39 is 30.1 Å². The van der Waals surface area contributed by atoms with Crippen molar-refractivity contribution < 1.29 is 27.3 Å². The Bertz CT molecular complexity index is 743. The van der Waals surface area contributed by atoms with Crippen LogP contribution in [0.25, 0.3) is 0 Å². The van der Waals surface area contributed by atoms with Gasteiger partial charge in [0.15, 0.2) is 0 Å². The number of rotatable bonds is 2. The molecule has 0 unspecified atom stereocenters. The lowest BCUT2D eigenvalue weighted by atomic mass is 9.75. The molecule has 2 saturated heterocycles. The van der Waals surface area contributed by atoms with E-state index >= 15 is 0 Å². The van der Waals surface area contributed by atoms with E-state index in [2.05, 4.69) is 4.90 Å². The highest BCUT2D eigenvalue weighted by Gasteiger charge is 2.53. The zero-order chi connectivity index (χ0) is 20.9. The van der Waals surface area contributed by atoms with Crippen molar-refractivity contribution in [3.05, 3.63) is 29.3 Å². The van der Waals surface area contributed by atoms with Gasteiger partial charge >= 0.3 is 13.3 Å². The Morgan fingerprint density at radius 1 is 1.04 bits per heavy atom. The number of amides is 1. The molecule has 9 heteroatoms. The van der Waals surface area contributed by atoms with Crippen LogP contribution in [0.5, 0.6) is 0 Å². The maximum atomic E-state index is 13.8. The Balaban J connectivity index is 1.92. The smallest absolute Gasteiger partial charge is 0.399 e. The molecule has 1 amide bonds. The van der Waals surface area contributed by atoms with Crippen LogP contribution < -0.4 is 5.46 Å². The van der Waals surface area contributed by atoms with E-state index in [1.807, 2.05) is 7.05 Å². The van der Waals surface area contributed by atoms with Crippen molar-refractivity contribution >= 4 is 18.5 Å². The molecule has 1 aromatic rings. The van der Waals surface area contributed by atoms with Gasteiger partial charge in [-0.2, -0.15) is 13.2 Å². The van der Waals surface area contributed by atoms with E-state index in [9.17, 15) is 18.0 Å². The lowest BCUT2D eigenvalue weighted by Gasteiger charge is -2.32. The number of likely N-dealkylation sites (N-methyl/N-ethyl adjacent to an activating group) is 1. The number of nitrogens with zero attached hydrogens (tertiary/aromatic N) is 2. The van der Waals surface area contributed by atoms with Crippen molar-refractivity contribution in [2.24, 2.45) is 0 Å². The summed E-state index contributed by atoms with van der Waals surface area (Å²) in [5, 5.41) is 0. The van der Waals surface area contributed by atoms with Gasteiger partial charge in [0.2, 0.25) is 0 Å². The summed E-state index contributed by atoms with van der Waals surface area (Å²) in [7, 11) is 0.803. The van der Waals surface area contributed by atoms with Crippen molar-refractivity contribution in [3.8, 4) is 0 Å². The van der Waals surface area contributed by atoms with E-state index in [0.29, 0.717) is 26.2 Å². The number of hydrogen-bond donors (Lipinski definition) is 0. The van der Waals surface area contributed by atoms with Crippen molar-refractivity contribution in [3.63, 3.8) is 0 Å². The minimum absolute atomic E-state index is 0.0251. The molecule has 2 aliphatic heterocycles. The number of carbonyl (C=O) groups is 1. The summed E-state index contributed by atoms with van der Waals surface area (Å²) in [4.78, 5) is 16.4. The Hall–Kier alpha value is -1.58. The third-order valence-electron chi connectivity index (χ3n) is 5.90. The fourth-order valence-corrected chi connectivity index (χ4v) is 3.30. The molecule has 0 aromatic heterocycles. The van der Waals surface area contributed by atoms with E-state index in [1.54, 1.807) is 32.6 Å². The summed E-state index contributed by atoms with van der Waals surface area (Å²) in [5.41, 5.74) is -2.49. The lowest BCUT2D eigenvalue weighted by molar-refractivity contribution is -0.136. The predicted octanol–water partition coefficient (Wildman–Crippen LogP) is 2.39. The Morgan fingerprint density at radius 3 is 2.07 bits per heavy atom. The van der Waals surface area contributed by atoms with Crippen molar-refractivity contribution in [2.45, 2.75) is 45.1 Å². The Morgan fingerprint density at radius 2 is 1.57 bits per heavy atom. The zero-order valence-corrected chi connectivity index (χ0v) is 16.9. The topological polar surface area (TPSA) is 42.0 Å². The van der Waals surface area contributed by atoms with Gasteiger partial charge in [-0.05, 0) is 52.3 Å². The maximum absolute atomic E-state index is 13.8. The summed E-state index contributed by atoms with van der Waals surface area (Å²) in [6.07, 6.45) is -4.63. The molecule has 2 aliphatic rings. The zero-order valence-electron chi connectivity index (χ0n) is 16.9. The van der Waals surface area contributed by atoms with Crippen molar-refractivity contribution in [1.29, 1.82) is 0 Å². The minimum Gasteiger partial charge on any atom is -0.399 e. The van der Waals surface area contributed by atoms with Crippen LogP contribution in [0.1, 0.15) is 43.6 Å². The molecule has 0 bridgehead atoms. The molecular weight excluding hydrogens is 372 g/mol. The Kier molecular flexibility index (Phi) is 5.31. The monoisotopic (exact) mass is 398 g/mol. The summed E-state index contributed by atoms with van der Waals surface area (Å²) in [6.45, 7) is 9.52. The Labute approximate surface area is 163 Å². The quantitative estimate of drug-likeness (QED) is 0.718. The van der Waals surface area contributed by atoms with Gasteiger partial charge in [-0.25, -0.2) is 0 Å². The number of piperazine rings is 1. The highest BCUT2D eigenvalue weighted by Crippen LogP contribution is 2.38. The highest BCUT2D eigenvalue weighted by molar-refractivity contribution is 6.62. The summed E-state index contributed by atoms with van der Waals surface area (Å²) < 4.78 is 52.9. The average molecular weight is 398 g/mol. The summed E-state index contributed by atoms with van der Waals surface area (Å²) >= 11 is 0. The van der Waals surface area contributed by atoms with Crippen LogP contribution in [0.15, 0.2) is 18.2 Å². The largest absolute Gasteiger partial charge is 0.495 e. The fourth-order valence-electron chi connectivity index (χ4n) is 3.30. The van der Waals surface area contributed by atoms with Crippen LogP contribution in [0.4, 0.5) is 13.2 Å². The van der Waals surface area contributed by atoms with Crippen molar-refractivity contribution in [2.75, 3.05) is 33.2 Å². The minimum atomic E-state index is -4.63. The highest BCUT2D eigenvalue weighted by atomic mass is 19.4. The molecule has 0 spiro atoms. The van der Waals surface area contributed by atoms with Gasteiger partial charge in [-0.1, -0.05) is 6.07 Å². The molecule has 0 radical (unpaired) electrons. The predicted molar refractivity (Wildman–Crippen MR) is 101 cm³/mol. The van der Waals surface area contributed by atoms with Gasteiger partial charge in [-0.15, -0.1) is 0 Å². The van der Waals surface area contributed by atoms with Gasteiger partial charge in [-0.3, -0.25) is 4.79 Å². The second-order valence-corrected chi connectivity index (χ2v) is 8.48. The van der Waals surface area contributed by atoms with Crippen LogP contribution >= 0.6 is 0 Å². The number of benzene rings is 1. The molecule has 3 rings (SSSR count). The van der Waals surface area contributed by atoms with Gasteiger partial charge in [0.1, 0.15) is 0 Å². The molecular formula is C19H26BF3N2O3. The molecule has 1 aromatic carbocycles. The molecule has 2 heterocycles. The first-order valence-corrected chi connectivity index (χ1v) is 9.36. The second-order valence-electron chi connectivity index (χ2n) is 8.48. The standard InChI is InChI=1S/C19H26BF3N2O3/c1-17(2)18(3,4)28-20(27-17)15-7-6-13(12-14(15)19(21,22)23)16(26)25-10-8-24(5)9-11-25/h6-7,12H,8-11H2,1-5H3. The normalized spacial score (nSPS) is 22.6. The van der Waals surface area contributed by atoms with Crippen LogP contribution in [-0.2, 0) is 15.5 Å². The molecule has 5 nitrogen and oxygen atoms in total. The first-order valence-electron chi connectivity index (χ1n) is 9.36. The van der Waals surface area contributed by atoms with Gasteiger partial charge < -0.3 is 19.1 Å². The maximum Gasteiger partial charge on any atom is 0.495 e. The van der Waals surface area contributed by atoms with E-state index in [4.69, 9.17) is 9.31 Å². The lowest BCUT2D eigenvalue weighted by Crippen LogP contribution is -2.47. The summed E-state index contributed by atoms with van der Waals surface area (Å²) in [5.74, 6) is -0.390. The van der Waals surface area contributed by atoms with E-state index in [0.717, 1.165) is 6.07 Å².